The fourth-order valence-corrected chi connectivity index (χ4v) is 5.73. The lowest BCUT2D eigenvalue weighted by Crippen LogP contribution is -2.48. The maximum absolute atomic E-state index is 12.8. The number of nitrogens with zero attached hydrogens (tertiary/aromatic N) is 1. The van der Waals surface area contributed by atoms with Crippen LogP contribution in [-0.2, 0) is 14.6 Å². The Hall–Kier alpha value is -0.980. The lowest BCUT2D eigenvalue weighted by atomic mass is 10.1. The van der Waals surface area contributed by atoms with Crippen molar-refractivity contribution in [3.63, 3.8) is 0 Å². The van der Waals surface area contributed by atoms with E-state index in [0.29, 0.717) is 22.2 Å². The molecule has 1 atom stereocenters. The Morgan fingerprint density at radius 2 is 1.88 bits per heavy atom. The van der Waals surface area contributed by atoms with Gasteiger partial charge in [0.1, 0.15) is 5.75 Å². The Labute approximate surface area is 158 Å². The predicted molar refractivity (Wildman–Crippen MR) is 98.1 cm³/mol. The number of benzene rings is 1. The van der Waals surface area contributed by atoms with Crippen molar-refractivity contribution in [1.82, 2.24) is 4.90 Å². The van der Waals surface area contributed by atoms with Crippen LogP contribution < -0.4 is 4.74 Å². The van der Waals surface area contributed by atoms with Gasteiger partial charge in [-0.1, -0.05) is 36.0 Å². The molecule has 0 spiro atoms. The second kappa shape index (κ2) is 7.72. The summed E-state index contributed by atoms with van der Waals surface area (Å²) in [6.07, 6.45) is 4.46. The molecule has 1 aromatic carbocycles. The van der Waals surface area contributed by atoms with E-state index in [9.17, 15) is 13.2 Å². The van der Waals surface area contributed by atoms with Crippen LogP contribution in [0.3, 0.4) is 0 Å². The SMILES string of the molecule is O=C(COc1cc(Cl)ccc1Cl)N(C1CCCC1)[C@H]1CCS(=O)(=O)C1. The van der Waals surface area contributed by atoms with E-state index in [1.165, 1.54) is 0 Å². The summed E-state index contributed by atoms with van der Waals surface area (Å²) in [5.41, 5.74) is 0. The number of ether oxygens (including phenoxy) is 1. The standard InChI is InChI=1S/C17H21Cl2NO4S/c18-12-5-6-15(19)16(9-12)24-10-17(21)20(13-3-1-2-4-13)14-7-8-25(22,23)11-14/h5-6,9,13-14H,1-4,7-8,10-11H2/t14-/m0/s1. The average Bonchev–Trinajstić information content (AvgIpc) is 3.19. The fraction of sp³-hybridized carbons (Fsp3) is 0.588. The second-order valence-corrected chi connectivity index (χ2v) is 9.73. The van der Waals surface area contributed by atoms with Crippen LogP contribution in [0.5, 0.6) is 5.75 Å². The molecule has 1 saturated heterocycles. The molecule has 3 rings (SSSR count). The molecule has 0 radical (unpaired) electrons. The highest BCUT2D eigenvalue weighted by molar-refractivity contribution is 7.91. The zero-order chi connectivity index (χ0) is 18.0. The average molecular weight is 406 g/mol. The number of hydrogen-bond acceptors (Lipinski definition) is 4. The zero-order valence-corrected chi connectivity index (χ0v) is 16.1. The topological polar surface area (TPSA) is 63.7 Å². The first-order chi connectivity index (χ1) is 11.9. The molecular formula is C17H21Cl2NO4S. The third-order valence-electron chi connectivity index (χ3n) is 4.85. The fourth-order valence-electron chi connectivity index (χ4n) is 3.68. The smallest absolute Gasteiger partial charge is 0.261 e. The Morgan fingerprint density at radius 3 is 2.52 bits per heavy atom. The molecule has 2 fully saturated rings. The molecule has 2 aliphatic rings. The second-order valence-electron chi connectivity index (χ2n) is 6.66. The van der Waals surface area contributed by atoms with E-state index in [1.54, 1.807) is 23.1 Å². The first-order valence-electron chi connectivity index (χ1n) is 8.45. The highest BCUT2D eigenvalue weighted by Crippen LogP contribution is 2.30. The van der Waals surface area contributed by atoms with Gasteiger partial charge in [0.2, 0.25) is 0 Å². The van der Waals surface area contributed by atoms with E-state index in [0.717, 1.165) is 25.7 Å². The third kappa shape index (κ3) is 4.60. The van der Waals surface area contributed by atoms with Gasteiger partial charge in [0, 0.05) is 23.2 Å². The summed E-state index contributed by atoms with van der Waals surface area (Å²) in [5, 5.41) is 0.856. The molecule has 25 heavy (non-hydrogen) atoms. The van der Waals surface area contributed by atoms with Gasteiger partial charge in [-0.2, -0.15) is 0 Å². The number of amides is 1. The largest absolute Gasteiger partial charge is 0.482 e. The molecule has 0 bridgehead atoms. The minimum absolute atomic E-state index is 0.0488. The summed E-state index contributed by atoms with van der Waals surface area (Å²) < 4.78 is 29.3. The van der Waals surface area contributed by atoms with E-state index >= 15 is 0 Å². The van der Waals surface area contributed by atoms with E-state index in [2.05, 4.69) is 0 Å². The van der Waals surface area contributed by atoms with Gasteiger partial charge in [0.25, 0.3) is 5.91 Å². The molecule has 138 valence electrons. The Bertz CT molecular complexity index is 747. The molecule has 1 amide bonds. The van der Waals surface area contributed by atoms with Crippen molar-refractivity contribution in [1.29, 1.82) is 0 Å². The van der Waals surface area contributed by atoms with Crippen LogP contribution in [0, 0.1) is 0 Å². The van der Waals surface area contributed by atoms with Crippen LogP contribution in [0.4, 0.5) is 0 Å². The van der Waals surface area contributed by atoms with Crippen molar-refractivity contribution in [2.75, 3.05) is 18.1 Å². The van der Waals surface area contributed by atoms with Crippen molar-refractivity contribution in [3.8, 4) is 5.75 Å². The molecule has 1 heterocycles. The van der Waals surface area contributed by atoms with E-state index in [-0.39, 0.29) is 36.1 Å². The molecule has 1 aliphatic heterocycles. The molecule has 1 saturated carbocycles. The summed E-state index contributed by atoms with van der Waals surface area (Å²) in [7, 11) is -3.06. The van der Waals surface area contributed by atoms with Crippen LogP contribution in [0.15, 0.2) is 18.2 Å². The highest BCUT2D eigenvalue weighted by Gasteiger charge is 2.39. The minimum Gasteiger partial charge on any atom is -0.482 e. The maximum atomic E-state index is 12.8. The highest BCUT2D eigenvalue weighted by atomic mass is 35.5. The van der Waals surface area contributed by atoms with E-state index in [4.69, 9.17) is 27.9 Å². The number of carbonyl (C=O) groups is 1. The molecule has 1 aromatic rings. The quantitative estimate of drug-likeness (QED) is 0.753. The number of halogens is 2. The van der Waals surface area contributed by atoms with E-state index in [1.807, 2.05) is 0 Å². The van der Waals surface area contributed by atoms with Gasteiger partial charge >= 0.3 is 0 Å². The van der Waals surface area contributed by atoms with Crippen molar-refractivity contribution in [2.45, 2.75) is 44.2 Å². The predicted octanol–water partition coefficient (Wildman–Crippen LogP) is 3.33. The maximum Gasteiger partial charge on any atom is 0.261 e. The van der Waals surface area contributed by atoms with Crippen LogP contribution in [-0.4, -0.2) is 49.4 Å². The molecule has 8 heteroatoms. The van der Waals surface area contributed by atoms with Crippen LogP contribution in [0.25, 0.3) is 0 Å². The minimum atomic E-state index is -3.06. The summed E-state index contributed by atoms with van der Waals surface area (Å²) in [6, 6.07) is 4.68. The number of hydrogen-bond donors (Lipinski definition) is 0. The first kappa shape index (κ1) is 18.8. The van der Waals surface area contributed by atoms with Crippen LogP contribution in [0.1, 0.15) is 32.1 Å². The van der Waals surface area contributed by atoms with Gasteiger partial charge in [-0.05, 0) is 31.4 Å². The summed E-state index contributed by atoms with van der Waals surface area (Å²) in [5.74, 6) is 0.362. The van der Waals surface area contributed by atoms with Crippen LogP contribution in [0.2, 0.25) is 10.0 Å². The van der Waals surface area contributed by atoms with Crippen LogP contribution >= 0.6 is 23.2 Å². The van der Waals surface area contributed by atoms with Crippen molar-refractivity contribution in [2.24, 2.45) is 0 Å². The number of carbonyl (C=O) groups excluding carboxylic acids is 1. The van der Waals surface area contributed by atoms with Gasteiger partial charge in [-0.25, -0.2) is 8.42 Å². The molecule has 0 aromatic heterocycles. The van der Waals surface area contributed by atoms with Gasteiger partial charge in [-0.3, -0.25) is 4.79 Å². The van der Waals surface area contributed by atoms with Gasteiger partial charge in [0.05, 0.1) is 16.5 Å². The third-order valence-corrected chi connectivity index (χ3v) is 7.15. The molecule has 5 nitrogen and oxygen atoms in total. The Morgan fingerprint density at radius 1 is 1.16 bits per heavy atom. The number of rotatable bonds is 5. The zero-order valence-electron chi connectivity index (χ0n) is 13.8. The van der Waals surface area contributed by atoms with Crippen molar-refractivity contribution < 1.29 is 17.9 Å². The van der Waals surface area contributed by atoms with Crippen molar-refractivity contribution >= 4 is 38.9 Å². The van der Waals surface area contributed by atoms with Gasteiger partial charge in [0.15, 0.2) is 16.4 Å². The monoisotopic (exact) mass is 405 g/mol. The summed E-state index contributed by atoms with van der Waals surface area (Å²) in [6.45, 7) is -0.174. The Kier molecular flexibility index (Phi) is 5.81. The lowest BCUT2D eigenvalue weighted by molar-refractivity contribution is -0.137. The molecule has 1 aliphatic carbocycles. The molecular weight excluding hydrogens is 385 g/mol. The summed E-state index contributed by atoms with van der Waals surface area (Å²) in [4.78, 5) is 14.6. The number of sulfone groups is 1. The summed E-state index contributed by atoms with van der Waals surface area (Å²) >= 11 is 12.0. The van der Waals surface area contributed by atoms with Crippen molar-refractivity contribution in [3.05, 3.63) is 28.2 Å². The first-order valence-corrected chi connectivity index (χ1v) is 11.0. The lowest BCUT2D eigenvalue weighted by Gasteiger charge is -2.34. The molecule has 0 unspecified atom stereocenters. The van der Waals surface area contributed by atoms with Gasteiger partial charge < -0.3 is 9.64 Å². The van der Waals surface area contributed by atoms with E-state index < -0.39 is 9.84 Å². The molecule has 0 N–H and O–H groups in total. The normalized spacial score (nSPS) is 22.9. The Balaban J connectivity index is 1.72. The van der Waals surface area contributed by atoms with Gasteiger partial charge in [-0.15, -0.1) is 0 Å².